The first-order valence-electron chi connectivity index (χ1n) is 22.1. The summed E-state index contributed by atoms with van der Waals surface area (Å²) in [5.41, 5.74) is 3.04. The number of ether oxygens (including phenoxy) is 1. The summed E-state index contributed by atoms with van der Waals surface area (Å²) in [4.78, 5) is 48.8. The van der Waals surface area contributed by atoms with E-state index in [9.17, 15) is 19.5 Å². The minimum absolute atomic E-state index is 0.0668. The highest BCUT2D eigenvalue weighted by Crippen LogP contribution is 2.76. The van der Waals surface area contributed by atoms with Crippen LogP contribution < -0.4 is 0 Å². The van der Waals surface area contributed by atoms with Gasteiger partial charge in [0.25, 0.3) is 0 Å². The fraction of sp³-hybridized carbons (Fsp3) is 0.792. The number of ketones is 1. The van der Waals surface area contributed by atoms with Gasteiger partial charge in [-0.05, 0) is 168 Å². The highest BCUT2D eigenvalue weighted by molar-refractivity contribution is 6.01. The lowest BCUT2D eigenvalue weighted by Gasteiger charge is -2.71. The van der Waals surface area contributed by atoms with Crippen molar-refractivity contribution in [1.82, 2.24) is 14.8 Å². The molecule has 0 spiro atoms. The van der Waals surface area contributed by atoms with Crippen LogP contribution in [0.25, 0.3) is 0 Å². The Bertz CT molecular complexity index is 1670. The molecule has 1 aromatic heterocycles. The van der Waals surface area contributed by atoms with E-state index in [4.69, 9.17) is 4.74 Å². The van der Waals surface area contributed by atoms with Crippen molar-refractivity contribution in [1.29, 1.82) is 0 Å². The van der Waals surface area contributed by atoms with Crippen LogP contribution in [0.2, 0.25) is 0 Å². The number of pyridine rings is 1. The Balaban J connectivity index is 1.22. The number of aromatic nitrogens is 1. The number of carboxylic acids is 1. The molecule has 1 unspecified atom stereocenters. The van der Waals surface area contributed by atoms with Crippen molar-refractivity contribution in [2.45, 2.75) is 146 Å². The van der Waals surface area contributed by atoms with Gasteiger partial charge in [-0.2, -0.15) is 0 Å². The van der Waals surface area contributed by atoms with E-state index in [2.05, 4.69) is 96.4 Å². The molecule has 5 aliphatic carbocycles. The third kappa shape index (κ3) is 7.23. The van der Waals surface area contributed by atoms with Gasteiger partial charge < -0.3 is 14.7 Å². The molecule has 0 bridgehead atoms. The topological polar surface area (TPSA) is 100 Å². The summed E-state index contributed by atoms with van der Waals surface area (Å²) in [6.07, 6.45) is 13.1. The van der Waals surface area contributed by atoms with Gasteiger partial charge in [-0.15, -0.1) is 0 Å². The Morgan fingerprint density at radius 3 is 2.18 bits per heavy atom. The number of esters is 1. The van der Waals surface area contributed by atoms with Gasteiger partial charge in [0, 0.05) is 42.9 Å². The molecule has 10 atom stereocenters. The first kappa shape index (κ1) is 43.0. The Labute approximate surface area is 339 Å². The molecule has 0 saturated heterocycles. The smallest absolute Gasteiger partial charge is 0.309 e. The summed E-state index contributed by atoms with van der Waals surface area (Å²) >= 11 is 0. The number of likely N-dealkylation sites (N-methyl/N-ethyl adjacent to an activating group) is 1. The van der Waals surface area contributed by atoms with Crippen molar-refractivity contribution >= 4 is 17.7 Å². The molecular formula is C48H75N3O5. The Hall–Kier alpha value is -2.58. The van der Waals surface area contributed by atoms with Crippen LogP contribution in [0.4, 0.5) is 0 Å². The lowest BCUT2D eigenvalue weighted by atomic mass is 9.33. The van der Waals surface area contributed by atoms with E-state index < -0.39 is 17.4 Å². The highest BCUT2D eigenvalue weighted by atomic mass is 16.5. The summed E-state index contributed by atoms with van der Waals surface area (Å²) in [6.45, 7) is 25.3. The maximum absolute atomic E-state index is 14.7. The summed E-state index contributed by atoms with van der Waals surface area (Å²) < 4.78 is 6.20. The maximum Gasteiger partial charge on any atom is 0.309 e. The van der Waals surface area contributed by atoms with Crippen LogP contribution in [0, 0.1) is 62.6 Å². The molecule has 56 heavy (non-hydrogen) atoms. The van der Waals surface area contributed by atoms with Crippen molar-refractivity contribution in [2.75, 3.05) is 33.7 Å². The third-order valence-corrected chi connectivity index (χ3v) is 17.3. The SMILES string of the molecule is CC(C)C1=C2C(CC[C@]3(C)[C@@H]2CC[C@@H]2[C@@]4(C)CC[C@H](OC(=O)CC(C)(C)C(=O)O)C(C)(C)[C@@H]4CC[C@]23C)[C@H](CCN(CCN(C)C)[C@H](C)c2ccncc2)C1=O. The number of hydrogen-bond donors (Lipinski definition) is 1. The molecule has 8 heteroatoms. The normalized spacial score (nSPS) is 35.9. The molecule has 1 aromatic rings. The Kier molecular flexibility index (Phi) is 11.9. The maximum atomic E-state index is 14.7. The van der Waals surface area contributed by atoms with Crippen molar-refractivity contribution in [2.24, 2.45) is 62.6 Å². The second-order valence-electron chi connectivity index (χ2n) is 21.5. The number of hydrogen-bond acceptors (Lipinski definition) is 7. The number of Topliss-reactive ketones (excluding diaryl/α,β-unsaturated/α-hetero) is 1. The molecular weight excluding hydrogens is 699 g/mol. The van der Waals surface area contributed by atoms with Gasteiger partial charge in [0.1, 0.15) is 6.10 Å². The van der Waals surface area contributed by atoms with Gasteiger partial charge in [0.15, 0.2) is 5.78 Å². The zero-order chi connectivity index (χ0) is 41.2. The summed E-state index contributed by atoms with van der Waals surface area (Å²) in [5, 5.41) is 9.64. The predicted molar refractivity (Wildman–Crippen MR) is 223 cm³/mol. The van der Waals surface area contributed by atoms with Crippen molar-refractivity contribution in [3.05, 3.63) is 41.2 Å². The summed E-state index contributed by atoms with van der Waals surface area (Å²) in [7, 11) is 4.27. The minimum Gasteiger partial charge on any atom is -0.481 e. The molecule has 0 radical (unpaired) electrons. The lowest BCUT2D eigenvalue weighted by Crippen LogP contribution is -2.65. The fourth-order valence-corrected chi connectivity index (χ4v) is 13.9. The molecule has 6 rings (SSSR count). The number of carboxylic acid groups (broad SMARTS) is 1. The molecule has 5 aliphatic rings. The van der Waals surface area contributed by atoms with E-state index in [0.29, 0.717) is 29.5 Å². The van der Waals surface area contributed by atoms with Crippen LogP contribution in [-0.4, -0.2) is 77.4 Å². The molecule has 8 nitrogen and oxygen atoms in total. The summed E-state index contributed by atoms with van der Waals surface area (Å²) in [6, 6.07) is 4.51. The monoisotopic (exact) mass is 774 g/mol. The average molecular weight is 774 g/mol. The average Bonchev–Trinajstić information content (AvgIpc) is 3.40. The molecule has 4 saturated carbocycles. The van der Waals surface area contributed by atoms with E-state index in [-0.39, 0.29) is 52.1 Å². The molecule has 0 aromatic carbocycles. The largest absolute Gasteiger partial charge is 0.481 e. The molecule has 4 fully saturated rings. The number of nitrogens with zero attached hydrogens (tertiary/aromatic N) is 3. The number of carbonyl (C=O) groups excluding carboxylic acids is 2. The van der Waals surface area contributed by atoms with Crippen LogP contribution in [0.5, 0.6) is 0 Å². The van der Waals surface area contributed by atoms with Gasteiger partial charge in [0.05, 0.1) is 11.8 Å². The number of rotatable bonds is 13. The first-order valence-corrected chi connectivity index (χ1v) is 22.1. The van der Waals surface area contributed by atoms with Crippen LogP contribution in [0.1, 0.15) is 145 Å². The third-order valence-electron chi connectivity index (χ3n) is 17.3. The van der Waals surface area contributed by atoms with Crippen LogP contribution in [0.3, 0.4) is 0 Å². The van der Waals surface area contributed by atoms with Gasteiger partial charge in [0.2, 0.25) is 0 Å². The van der Waals surface area contributed by atoms with E-state index in [1.54, 1.807) is 19.4 Å². The molecule has 0 aliphatic heterocycles. The molecule has 0 amide bonds. The van der Waals surface area contributed by atoms with Gasteiger partial charge >= 0.3 is 11.9 Å². The fourth-order valence-electron chi connectivity index (χ4n) is 13.9. The van der Waals surface area contributed by atoms with E-state index >= 15 is 0 Å². The van der Waals surface area contributed by atoms with E-state index in [0.717, 1.165) is 64.6 Å². The number of carbonyl (C=O) groups is 3. The zero-order valence-corrected chi connectivity index (χ0v) is 37.0. The van der Waals surface area contributed by atoms with Crippen LogP contribution in [0.15, 0.2) is 35.7 Å². The van der Waals surface area contributed by atoms with E-state index in [1.807, 2.05) is 12.4 Å². The lowest BCUT2D eigenvalue weighted by molar-refractivity contribution is -0.232. The Morgan fingerprint density at radius 2 is 1.55 bits per heavy atom. The number of fused-ring (bicyclic) bond motifs is 7. The number of aliphatic carboxylic acids is 1. The van der Waals surface area contributed by atoms with E-state index in [1.165, 1.54) is 24.0 Å². The van der Waals surface area contributed by atoms with Crippen molar-refractivity contribution in [3.63, 3.8) is 0 Å². The summed E-state index contributed by atoms with van der Waals surface area (Å²) in [5.74, 6) is 1.14. The quantitative estimate of drug-likeness (QED) is 0.198. The van der Waals surface area contributed by atoms with Gasteiger partial charge in [-0.1, -0.05) is 54.0 Å². The van der Waals surface area contributed by atoms with Crippen LogP contribution in [-0.2, 0) is 19.1 Å². The molecule has 1 N–H and O–H groups in total. The Morgan fingerprint density at radius 1 is 0.893 bits per heavy atom. The van der Waals surface area contributed by atoms with Crippen molar-refractivity contribution < 1.29 is 24.2 Å². The number of allylic oxidation sites excluding steroid dienone is 2. The predicted octanol–water partition coefficient (Wildman–Crippen LogP) is 9.65. The standard InChI is InChI=1S/C48H75N3O5/c1-30(2)40-41-33(34(42(40)53)20-26-51(28-27-50(11)12)31(3)32-18-24-49-25-19-32)15-22-47(9)35(41)13-14-37-46(8)21-17-38(56-39(52)29-44(4,5)43(54)55)45(6,7)36(46)16-23-48(37,47)10/h18-19,24-25,30-31,33-38H,13-17,20-23,26-29H2,1-12H3,(H,54,55)/t31-,33?,34+,35-,36+,37-,38+,46+,47-,48-/m1/s1. The second kappa shape index (κ2) is 15.5. The first-order chi connectivity index (χ1) is 26.1. The molecule has 312 valence electrons. The van der Waals surface area contributed by atoms with Gasteiger partial charge in [-0.3, -0.25) is 24.3 Å². The zero-order valence-electron chi connectivity index (χ0n) is 37.0. The minimum atomic E-state index is -1.15. The molecule has 1 heterocycles. The van der Waals surface area contributed by atoms with Crippen LogP contribution >= 0.6 is 0 Å². The van der Waals surface area contributed by atoms with Crippen molar-refractivity contribution in [3.8, 4) is 0 Å². The second-order valence-corrected chi connectivity index (χ2v) is 21.5. The highest BCUT2D eigenvalue weighted by Gasteiger charge is 2.69. The van der Waals surface area contributed by atoms with Gasteiger partial charge in [-0.25, -0.2) is 0 Å².